The van der Waals surface area contributed by atoms with Crippen molar-refractivity contribution in [3.8, 4) is 11.5 Å². The van der Waals surface area contributed by atoms with Crippen molar-refractivity contribution in [2.45, 2.75) is 6.04 Å². The third kappa shape index (κ3) is 1.95. The average molecular weight is 236 g/mol. The highest BCUT2D eigenvalue weighted by atomic mass is 35.5. The fraction of sp³-hybridized carbons (Fsp3) is 0.125. The highest BCUT2D eigenvalue weighted by Crippen LogP contribution is 2.39. The quantitative estimate of drug-likeness (QED) is 0.612. The second kappa shape index (κ2) is 3.92. The van der Waals surface area contributed by atoms with Crippen LogP contribution in [0.4, 0.5) is 4.39 Å². The molecule has 0 aliphatic heterocycles. The van der Waals surface area contributed by atoms with Crippen molar-refractivity contribution in [2.75, 3.05) is 0 Å². The van der Waals surface area contributed by atoms with Crippen LogP contribution in [0, 0.1) is 5.82 Å². The van der Waals surface area contributed by atoms with Crippen LogP contribution in [0.3, 0.4) is 0 Å². The molecule has 0 aliphatic carbocycles. The zero-order valence-electron chi connectivity index (χ0n) is 7.24. The standard InChI is InChI=1S/C8H7ClFNO4/c9-4-6(12)2(5(11)8(14)15)1-3(10)7(4)13/h1,5,12-13H,11H2,(H,14,15). The normalized spacial score (nSPS) is 12.5. The molecule has 0 aromatic heterocycles. The Balaban J connectivity index is 3.38. The Morgan fingerprint density at radius 1 is 1.47 bits per heavy atom. The van der Waals surface area contributed by atoms with Crippen molar-refractivity contribution in [1.29, 1.82) is 0 Å². The molecule has 1 aromatic rings. The topological polar surface area (TPSA) is 104 Å². The van der Waals surface area contributed by atoms with E-state index in [1.807, 2.05) is 0 Å². The van der Waals surface area contributed by atoms with E-state index in [9.17, 15) is 14.3 Å². The number of carbonyl (C=O) groups is 1. The highest BCUT2D eigenvalue weighted by Gasteiger charge is 2.23. The summed E-state index contributed by atoms with van der Waals surface area (Å²) < 4.78 is 12.9. The number of rotatable bonds is 2. The first-order valence-electron chi connectivity index (χ1n) is 3.74. The van der Waals surface area contributed by atoms with E-state index < -0.39 is 39.9 Å². The van der Waals surface area contributed by atoms with Gasteiger partial charge in [0.1, 0.15) is 16.8 Å². The van der Waals surface area contributed by atoms with Gasteiger partial charge >= 0.3 is 5.97 Å². The summed E-state index contributed by atoms with van der Waals surface area (Å²) >= 11 is 5.35. The molecule has 0 bridgehead atoms. The smallest absolute Gasteiger partial charge is 0.325 e. The van der Waals surface area contributed by atoms with E-state index in [0.717, 1.165) is 0 Å². The van der Waals surface area contributed by atoms with Gasteiger partial charge in [-0.05, 0) is 6.07 Å². The number of hydrogen-bond acceptors (Lipinski definition) is 4. The number of benzene rings is 1. The van der Waals surface area contributed by atoms with Crippen LogP contribution in [0.25, 0.3) is 0 Å². The van der Waals surface area contributed by atoms with E-state index in [1.54, 1.807) is 0 Å². The number of aromatic hydroxyl groups is 2. The first-order chi connectivity index (χ1) is 6.86. The Labute approximate surface area is 88.5 Å². The fourth-order valence-electron chi connectivity index (χ4n) is 0.987. The summed E-state index contributed by atoms with van der Waals surface area (Å²) in [6.07, 6.45) is 0. The molecule has 1 rings (SSSR count). The molecule has 0 spiro atoms. The maximum atomic E-state index is 12.9. The summed E-state index contributed by atoms with van der Waals surface area (Å²) in [5, 5.41) is 26.2. The molecular formula is C8H7ClFNO4. The SMILES string of the molecule is NC(C(=O)O)c1cc(F)c(O)c(Cl)c1O. The fourth-order valence-corrected chi connectivity index (χ4v) is 1.19. The summed E-state index contributed by atoms with van der Waals surface area (Å²) in [4.78, 5) is 10.5. The van der Waals surface area contributed by atoms with Crippen molar-refractivity contribution in [1.82, 2.24) is 0 Å². The van der Waals surface area contributed by atoms with Gasteiger partial charge in [-0.2, -0.15) is 0 Å². The van der Waals surface area contributed by atoms with E-state index in [-0.39, 0.29) is 0 Å². The molecule has 82 valence electrons. The van der Waals surface area contributed by atoms with Crippen molar-refractivity contribution >= 4 is 17.6 Å². The van der Waals surface area contributed by atoms with Gasteiger partial charge in [-0.25, -0.2) is 4.39 Å². The molecule has 5 N–H and O–H groups in total. The molecule has 0 saturated carbocycles. The van der Waals surface area contributed by atoms with Gasteiger partial charge in [0.15, 0.2) is 11.6 Å². The van der Waals surface area contributed by atoms with E-state index in [1.165, 1.54) is 0 Å². The van der Waals surface area contributed by atoms with Crippen molar-refractivity contribution in [3.05, 3.63) is 22.5 Å². The number of nitrogens with two attached hydrogens (primary N) is 1. The molecule has 5 nitrogen and oxygen atoms in total. The van der Waals surface area contributed by atoms with Gasteiger partial charge in [-0.3, -0.25) is 4.79 Å². The van der Waals surface area contributed by atoms with Crippen LogP contribution < -0.4 is 5.73 Å². The van der Waals surface area contributed by atoms with Gasteiger partial charge in [0.2, 0.25) is 0 Å². The van der Waals surface area contributed by atoms with Crippen molar-refractivity contribution in [2.24, 2.45) is 5.73 Å². The Morgan fingerprint density at radius 2 is 2.00 bits per heavy atom. The van der Waals surface area contributed by atoms with Crippen LogP contribution in [0.15, 0.2) is 6.07 Å². The Morgan fingerprint density at radius 3 is 2.47 bits per heavy atom. The third-order valence-electron chi connectivity index (χ3n) is 1.80. The molecule has 1 atom stereocenters. The van der Waals surface area contributed by atoms with E-state index >= 15 is 0 Å². The van der Waals surface area contributed by atoms with Gasteiger partial charge in [-0.15, -0.1) is 0 Å². The molecule has 1 unspecified atom stereocenters. The average Bonchev–Trinajstić information content (AvgIpc) is 2.19. The number of aliphatic carboxylic acids is 1. The lowest BCUT2D eigenvalue weighted by Crippen LogP contribution is -2.21. The number of carboxylic acid groups (broad SMARTS) is 1. The number of phenols is 2. The minimum absolute atomic E-state index is 0.400. The third-order valence-corrected chi connectivity index (χ3v) is 2.16. The van der Waals surface area contributed by atoms with Gasteiger partial charge < -0.3 is 21.1 Å². The number of hydrogen-bond donors (Lipinski definition) is 4. The molecule has 7 heteroatoms. The highest BCUT2D eigenvalue weighted by molar-refractivity contribution is 6.33. The lowest BCUT2D eigenvalue weighted by molar-refractivity contribution is -0.138. The van der Waals surface area contributed by atoms with Crippen LogP contribution in [0.2, 0.25) is 5.02 Å². The van der Waals surface area contributed by atoms with Gasteiger partial charge in [0, 0.05) is 5.56 Å². The van der Waals surface area contributed by atoms with Crippen LogP contribution in [0.1, 0.15) is 11.6 Å². The van der Waals surface area contributed by atoms with Crippen LogP contribution in [-0.4, -0.2) is 21.3 Å². The summed E-state index contributed by atoms with van der Waals surface area (Å²) in [6, 6.07) is -0.993. The number of carboxylic acids is 1. The van der Waals surface area contributed by atoms with E-state index in [0.29, 0.717) is 6.07 Å². The molecule has 0 heterocycles. The van der Waals surface area contributed by atoms with Crippen LogP contribution >= 0.6 is 11.6 Å². The molecular weight excluding hydrogens is 229 g/mol. The zero-order valence-corrected chi connectivity index (χ0v) is 7.99. The van der Waals surface area contributed by atoms with Gasteiger partial charge in [-0.1, -0.05) is 11.6 Å². The first kappa shape index (κ1) is 11.5. The number of phenolic OH excluding ortho intramolecular Hbond substituents is 2. The summed E-state index contributed by atoms with van der Waals surface area (Å²) in [5.41, 5.74) is 4.76. The van der Waals surface area contributed by atoms with Crippen LogP contribution in [-0.2, 0) is 4.79 Å². The minimum atomic E-state index is -1.61. The second-order valence-electron chi connectivity index (χ2n) is 2.77. The van der Waals surface area contributed by atoms with Crippen LogP contribution in [0.5, 0.6) is 11.5 Å². The summed E-state index contributed by atoms with van der Waals surface area (Å²) in [7, 11) is 0. The molecule has 0 aliphatic rings. The predicted molar refractivity (Wildman–Crippen MR) is 49.3 cm³/mol. The summed E-state index contributed by atoms with van der Waals surface area (Å²) in [6.45, 7) is 0. The van der Waals surface area contributed by atoms with E-state index in [2.05, 4.69) is 0 Å². The Kier molecular flexibility index (Phi) is 3.01. The van der Waals surface area contributed by atoms with Gasteiger partial charge in [0.05, 0.1) is 0 Å². The molecule has 0 amide bonds. The maximum absolute atomic E-state index is 12.9. The summed E-state index contributed by atoms with van der Waals surface area (Å²) in [5.74, 6) is -4.29. The largest absolute Gasteiger partial charge is 0.506 e. The van der Waals surface area contributed by atoms with Gasteiger partial charge in [0.25, 0.3) is 0 Å². The van der Waals surface area contributed by atoms with Crippen molar-refractivity contribution < 1.29 is 24.5 Å². The lowest BCUT2D eigenvalue weighted by atomic mass is 10.1. The second-order valence-corrected chi connectivity index (χ2v) is 3.15. The lowest BCUT2D eigenvalue weighted by Gasteiger charge is -2.11. The number of halogens is 2. The van der Waals surface area contributed by atoms with E-state index in [4.69, 9.17) is 27.5 Å². The molecule has 1 aromatic carbocycles. The molecule has 0 fully saturated rings. The zero-order chi connectivity index (χ0) is 11.7. The first-order valence-corrected chi connectivity index (χ1v) is 4.12. The molecule has 0 saturated heterocycles. The Bertz CT molecular complexity index is 424. The predicted octanol–water partition coefficient (Wildman–Crippen LogP) is 0.975. The molecule has 15 heavy (non-hydrogen) atoms. The maximum Gasteiger partial charge on any atom is 0.325 e. The van der Waals surface area contributed by atoms with Crippen molar-refractivity contribution in [3.63, 3.8) is 0 Å². The monoisotopic (exact) mass is 235 g/mol. The Hall–Kier alpha value is -1.53. The minimum Gasteiger partial charge on any atom is -0.506 e. The molecule has 0 radical (unpaired) electrons.